The quantitative estimate of drug-likeness (QED) is 0.257. The van der Waals surface area contributed by atoms with Crippen molar-refractivity contribution in [2.24, 2.45) is 0 Å². The van der Waals surface area contributed by atoms with Crippen molar-refractivity contribution >= 4 is 22.5 Å². The van der Waals surface area contributed by atoms with Crippen molar-refractivity contribution in [1.29, 1.82) is 0 Å². The van der Waals surface area contributed by atoms with E-state index >= 15 is 0 Å². The molecule has 7 nitrogen and oxygen atoms in total. The number of rotatable bonds is 7. The number of anilines is 1. The molecule has 0 radical (unpaired) electrons. The Morgan fingerprint density at radius 2 is 1.53 bits per heavy atom. The monoisotopic (exact) mass is 497 g/mol. The Hall–Kier alpha value is -5.30. The third kappa shape index (κ3) is 5.12. The maximum Gasteiger partial charge on any atom is 0.276 e. The Labute approximate surface area is 219 Å². The van der Waals surface area contributed by atoms with Gasteiger partial charge in [-0.3, -0.25) is 19.9 Å². The molecule has 0 aliphatic heterocycles. The zero-order chi connectivity index (χ0) is 25.7. The first-order valence-electron chi connectivity index (χ1n) is 12.2. The van der Waals surface area contributed by atoms with Gasteiger partial charge in [0.25, 0.3) is 5.91 Å². The summed E-state index contributed by atoms with van der Waals surface area (Å²) < 4.78 is 5.94. The third-order valence-corrected chi connectivity index (χ3v) is 6.11. The number of ether oxygens (including phenoxy) is 1. The average Bonchev–Trinajstić information content (AvgIpc) is 3.38. The van der Waals surface area contributed by atoms with Crippen molar-refractivity contribution in [3.8, 4) is 22.6 Å². The molecule has 3 aromatic heterocycles. The van der Waals surface area contributed by atoms with Crippen LogP contribution in [0.4, 0.5) is 5.69 Å². The highest BCUT2D eigenvalue weighted by Gasteiger charge is 2.16. The lowest BCUT2D eigenvalue weighted by atomic mass is 10.0. The molecule has 6 aromatic rings. The Morgan fingerprint density at radius 1 is 0.737 bits per heavy atom. The van der Waals surface area contributed by atoms with E-state index in [1.165, 1.54) is 5.56 Å². The molecule has 2 N–H and O–H groups in total. The van der Waals surface area contributed by atoms with E-state index < -0.39 is 0 Å². The van der Waals surface area contributed by atoms with Crippen molar-refractivity contribution < 1.29 is 9.53 Å². The van der Waals surface area contributed by atoms with Crippen LogP contribution in [0.1, 0.15) is 21.6 Å². The highest BCUT2D eigenvalue weighted by Crippen LogP contribution is 2.29. The number of carbonyl (C=O) groups excluding carboxylic acids is 1. The first-order valence-corrected chi connectivity index (χ1v) is 12.2. The molecule has 3 aromatic carbocycles. The highest BCUT2D eigenvalue weighted by atomic mass is 16.5. The first kappa shape index (κ1) is 23.1. The van der Waals surface area contributed by atoms with Gasteiger partial charge in [0.2, 0.25) is 0 Å². The summed E-state index contributed by atoms with van der Waals surface area (Å²) in [7, 11) is 0. The molecule has 0 aliphatic rings. The molecule has 0 saturated heterocycles. The molecule has 0 fully saturated rings. The van der Waals surface area contributed by atoms with Gasteiger partial charge in [0, 0.05) is 23.3 Å². The van der Waals surface area contributed by atoms with Gasteiger partial charge in [-0.25, -0.2) is 0 Å². The van der Waals surface area contributed by atoms with E-state index in [1.54, 1.807) is 18.6 Å². The maximum absolute atomic E-state index is 13.2. The van der Waals surface area contributed by atoms with Crippen molar-refractivity contribution in [3.05, 3.63) is 133 Å². The lowest BCUT2D eigenvalue weighted by molar-refractivity contribution is 0.102. The van der Waals surface area contributed by atoms with E-state index in [9.17, 15) is 4.79 Å². The Balaban J connectivity index is 1.23. The van der Waals surface area contributed by atoms with Crippen LogP contribution in [-0.2, 0) is 6.42 Å². The Kier molecular flexibility index (Phi) is 6.30. The SMILES string of the molecule is O=C(Nc1cncc(Cc2ccccc2)c1)c1n[nH]c2ccc(-c3cncc(Oc4ccccc4)c3)cc12. The molecule has 0 atom stereocenters. The Bertz CT molecular complexity index is 1720. The number of fused-ring (bicyclic) bond motifs is 1. The summed E-state index contributed by atoms with van der Waals surface area (Å²) in [5, 5.41) is 10.9. The molecular weight excluding hydrogens is 474 g/mol. The van der Waals surface area contributed by atoms with Gasteiger partial charge in [-0.15, -0.1) is 0 Å². The van der Waals surface area contributed by atoms with Gasteiger partial charge >= 0.3 is 0 Å². The number of para-hydroxylation sites is 1. The second kappa shape index (κ2) is 10.4. The summed E-state index contributed by atoms with van der Waals surface area (Å²) in [5.41, 5.74) is 5.63. The summed E-state index contributed by atoms with van der Waals surface area (Å²) >= 11 is 0. The van der Waals surface area contributed by atoms with Gasteiger partial charge < -0.3 is 10.1 Å². The fourth-order valence-corrected chi connectivity index (χ4v) is 4.30. The number of aromatic amines is 1. The van der Waals surface area contributed by atoms with Gasteiger partial charge in [-0.2, -0.15) is 5.10 Å². The number of nitrogens with one attached hydrogen (secondary N) is 2. The normalized spacial score (nSPS) is 10.8. The average molecular weight is 498 g/mol. The molecule has 1 amide bonds. The van der Waals surface area contributed by atoms with Gasteiger partial charge in [-0.1, -0.05) is 54.6 Å². The van der Waals surface area contributed by atoms with Gasteiger partial charge in [-0.05, 0) is 59.5 Å². The van der Waals surface area contributed by atoms with Crippen LogP contribution in [-0.4, -0.2) is 26.1 Å². The van der Waals surface area contributed by atoms with Crippen LogP contribution in [0.25, 0.3) is 22.0 Å². The van der Waals surface area contributed by atoms with E-state index in [1.807, 2.05) is 85.1 Å². The first-order chi connectivity index (χ1) is 18.7. The van der Waals surface area contributed by atoms with Crippen LogP contribution in [0.15, 0.2) is 116 Å². The second-order valence-electron chi connectivity index (χ2n) is 8.86. The summed E-state index contributed by atoms with van der Waals surface area (Å²) in [4.78, 5) is 21.9. The molecule has 38 heavy (non-hydrogen) atoms. The number of amides is 1. The number of hydrogen-bond acceptors (Lipinski definition) is 5. The molecule has 0 unspecified atom stereocenters. The maximum atomic E-state index is 13.2. The summed E-state index contributed by atoms with van der Waals surface area (Å²) in [6.07, 6.45) is 7.61. The summed E-state index contributed by atoms with van der Waals surface area (Å²) in [6.45, 7) is 0. The van der Waals surface area contributed by atoms with Crippen molar-refractivity contribution in [2.45, 2.75) is 6.42 Å². The minimum absolute atomic E-state index is 0.306. The fourth-order valence-electron chi connectivity index (χ4n) is 4.30. The van der Waals surface area contributed by atoms with Crippen LogP contribution >= 0.6 is 0 Å². The number of carbonyl (C=O) groups is 1. The molecule has 184 valence electrons. The van der Waals surface area contributed by atoms with Gasteiger partial charge in [0.1, 0.15) is 11.5 Å². The van der Waals surface area contributed by atoms with Crippen molar-refractivity contribution in [3.63, 3.8) is 0 Å². The lowest BCUT2D eigenvalue weighted by Gasteiger charge is -2.08. The minimum Gasteiger partial charge on any atom is -0.456 e. The van der Waals surface area contributed by atoms with E-state index in [4.69, 9.17) is 4.74 Å². The topological polar surface area (TPSA) is 92.8 Å². The minimum atomic E-state index is -0.314. The number of benzene rings is 3. The van der Waals surface area contributed by atoms with E-state index in [-0.39, 0.29) is 5.91 Å². The Morgan fingerprint density at radius 3 is 2.37 bits per heavy atom. The number of H-pyrrole nitrogens is 1. The largest absolute Gasteiger partial charge is 0.456 e. The molecule has 0 bridgehead atoms. The summed E-state index contributed by atoms with van der Waals surface area (Å²) in [5.74, 6) is 1.05. The van der Waals surface area contributed by atoms with Gasteiger partial charge in [0.05, 0.1) is 23.6 Å². The van der Waals surface area contributed by atoms with Crippen LogP contribution in [0.5, 0.6) is 11.5 Å². The number of pyridine rings is 2. The van der Waals surface area contributed by atoms with Crippen LogP contribution in [0, 0.1) is 0 Å². The van der Waals surface area contributed by atoms with Crippen LogP contribution in [0.2, 0.25) is 0 Å². The van der Waals surface area contributed by atoms with Crippen LogP contribution < -0.4 is 10.1 Å². The summed E-state index contributed by atoms with van der Waals surface area (Å²) in [6, 6.07) is 29.3. The van der Waals surface area contributed by atoms with E-state index in [0.717, 1.165) is 34.4 Å². The van der Waals surface area contributed by atoms with Crippen LogP contribution in [0.3, 0.4) is 0 Å². The van der Waals surface area contributed by atoms with Crippen molar-refractivity contribution in [2.75, 3.05) is 5.32 Å². The molecule has 7 heteroatoms. The standard InChI is InChI=1S/C31H23N5O2/c37-31(34-25-14-22(17-32-19-25)13-21-7-3-1-4-8-21)30-28-16-23(11-12-29(28)35-36-30)24-15-27(20-33-18-24)38-26-9-5-2-6-10-26/h1-12,14-20H,13H2,(H,34,37)(H,35,36). The predicted octanol–water partition coefficient (Wildman–Crippen LogP) is 6.66. The number of hydrogen-bond donors (Lipinski definition) is 2. The zero-order valence-corrected chi connectivity index (χ0v) is 20.3. The number of aromatic nitrogens is 4. The second-order valence-corrected chi connectivity index (χ2v) is 8.86. The molecular formula is C31H23N5O2. The predicted molar refractivity (Wildman–Crippen MR) is 147 cm³/mol. The van der Waals surface area contributed by atoms with Crippen molar-refractivity contribution in [1.82, 2.24) is 20.2 Å². The molecule has 3 heterocycles. The fraction of sp³-hybridized carbons (Fsp3) is 0.0323. The third-order valence-electron chi connectivity index (χ3n) is 6.11. The molecule has 0 spiro atoms. The molecule has 0 saturated carbocycles. The van der Waals surface area contributed by atoms with E-state index in [0.29, 0.717) is 22.5 Å². The highest BCUT2D eigenvalue weighted by molar-refractivity contribution is 6.11. The van der Waals surface area contributed by atoms with Gasteiger partial charge in [0.15, 0.2) is 5.69 Å². The lowest BCUT2D eigenvalue weighted by Crippen LogP contribution is -2.13. The molecule has 0 aliphatic carbocycles. The van der Waals surface area contributed by atoms with E-state index in [2.05, 4.69) is 37.6 Å². The number of nitrogens with zero attached hydrogens (tertiary/aromatic N) is 3. The molecule has 6 rings (SSSR count). The zero-order valence-electron chi connectivity index (χ0n) is 20.3. The smallest absolute Gasteiger partial charge is 0.276 e.